The number of hydrogen-bond acceptors (Lipinski definition) is 3. The fourth-order valence-electron chi connectivity index (χ4n) is 1.49. The third-order valence-corrected chi connectivity index (χ3v) is 2.45. The van der Waals surface area contributed by atoms with Gasteiger partial charge in [0, 0.05) is 12.7 Å². The summed E-state index contributed by atoms with van der Waals surface area (Å²) in [5.74, 6) is -1.03. The molecule has 3 N–H and O–H groups in total. The van der Waals surface area contributed by atoms with Gasteiger partial charge in [0.25, 0.3) is 0 Å². The van der Waals surface area contributed by atoms with Crippen LogP contribution >= 0.6 is 11.6 Å². The van der Waals surface area contributed by atoms with Crippen molar-refractivity contribution in [2.24, 2.45) is 7.05 Å². The van der Waals surface area contributed by atoms with Gasteiger partial charge in [0.2, 0.25) is 0 Å². The first-order valence-electron chi connectivity index (χ1n) is 4.15. The van der Waals surface area contributed by atoms with Crippen molar-refractivity contribution in [2.45, 2.75) is 0 Å². The Morgan fingerprint density at radius 3 is 2.87 bits per heavy atom. The molecule has 0 bridgehead atoms. The van der Waals surface area contributed by atoms with Crippen LogP contribution in [0.2, 0.25) is 5.15 Å². The Labute approximate surface area is 90.0 Å². The molecule has 0 unspecified atom stereocenters. The summed E-state index contributed by atoms with van der Waals surface area (Å²) in [7, 11) is 1.68. The summed E-state index contributed by atoms with van der Waals surface area (Å²) in [6.45, 7) is 0. The number of fused-ring (bicyclic) bond motifs is 1. The van der Waals surface area contributed by atoms with E-state index in [1.54, 1.807) is 7.05 Å². The Balaban J connectivity index is 2.87. The van der Waals surface area contributed by atoms with Crippen molar-refractivity contribution in [1.82, 2.24) is 9.78 Å². The smallest absolute Gasteiger partial charge is 0.335 e. The van der Waals surface area contributed by atoms with Crippen LogP contribution in [0.3, 0.4) is 0 Å². The molecule has 6 heteroatoms. The molecule has 0 saturated carbocycles. The second-order valence-corrected chi connectivity index (χ2v) is 3.54. The summed E-state index contributed by atoms with van der Waals surface area (Å²) in [6, 6.07) is 2.87. The minimum atomic E-state index is -1.03. The van der Waals surface area contributed by atoms with Gasteiger partial charge in [0.05, 0.1) is 16.5 Å². The van der Waals surface area contributed by atoms with Crippen LogP contribution in [0.15, 0.2) is 12.1 Å². The first-order valence-corrected chi connectivity index (χ1v) is 4.53. The first-order chi connectivity index (χ1) is 7.00. The Hall–Kier alpha value is -1.75. The Morgan fingerprint density at radius 2 is 2.27 bits per heavy atom. The zero-order valence-corrected chi connectivity index (χ0v) is 8.62. The van der Waals surface area contributed by atoms with Crippen molar-refractivity contribution in [3.8, 4) is 0 Å². The number of aromatic carboxylic acids is 1. The van der Waals surface area contributed by atoms with Gasteiger partial charge in [-0.1, -0.05) is 11.6 Å². The lowest BCUT2D eigenvalue weighted by molar-refractivity contribution is 0.0697. The second kappa shape index (κ2) is 3.13. The molecule has 15 heavy (non-hydrogen) atoms. The highest BCUT2D eigenvalue weighted by Crippen LogP contribution is 2.29. The summed E-state index contributed by atoms with van der Waals surface area (Å²) in [5.41, 5.74) is 6.76. The number of aryl methyl sites for hydroxylation is 1. The molecule has 0 saturated heterocycles. The maximum Gasteiger partial charge on any atom is 0.335 e. The van der Waals surface area contributed by atoms with E-state index in [0.29, 0.717) is 16.6 Å². The van der Waals surface area contributed by atoms with Gasteiger partial charge in [-0.25, -0.2) is 4.79 Å². The molecule has 78 valence electrons. The average Bonchev–Trinajstić information content (AvgIpc) is 2.42. The van der Waals surface area contributed by atoms with Gasteiger partial charge in [0.1, 0.15) is 0 Å². The molecule has 0 spiro atoms. The molecule has 0 aliphatic rings. The first kappa shape index (κ1) is 9.79. The van der Waals surface area contributed by atoms with E-state index in [9.17, 15) is 4.79 Å². The molecule has 1 heterocycles. The quantitative estimate of drug-likeness (QED) is 0.721. The highest BCUT2D eigenvalue weighted by Gasteiger charge is 2.13. The van der Waals surface area contributed by atoms with Gasteiger partial charge >= 0.3 is 5.97 Å². The molecule has 1 aromatic heterocycles. The van der Waals surface area contributed by atoms with Gasteiger partial charge < -0.3 is 10.8 Å². The van der Waals surface area contributed by atoms with Gasteiger partial charge in [-0.3, -0.25) is 4.68 Å². The Kier molecular flexibility index (Phi) is 2.04. The van der Waals surface area contributed by atoms with Crippen molar-refractivity contribution in [1.29, 1.82) is 0 Å². The number of nitrogens with two attached hydrogens (primary N) is 1. The van der Waals surface area contributed by atoms with Gasteiger partial charge in [0.15, 0.2) is 5.15 Å². The van der Waals surface area contributed by atoms with Crippen LogP contribution in [-0.2, 0) is 7.05 Å². The molecule has 5 nitrogen and oxygen atoms in total. The second-order valence-electron chi connectivity index (χ2n) is 3.18. The van der Waals surface area contributed by atoms with E-state index in [-0.39, 0.29) is 10.7 Å². The summed E-state index contributed by atoms with van der Waals surface area (Å²) >= 11 is 5.86. The fraction of sp³-hybridized carbons (Fsp3) is 0.111. The zero-order chi connectivity index (χ0) is 11.2. The van der Waals surface area contributed by atoms with Crippen LogP contribution in [0, 0.1) is 0 Å². The summed E-state index contributed by atoms with van der Waals surface area (Å²) in [5, 5.41) is 13.7. The number of nitrogen functional groups attached to an aromatic ring is 1. The number of halogens is 1. The van der Waals surface area contributed by atoms with Gasteiger partial charge in [-0.05, 0) is 12.1 Å². The normalized spacial score (nSPS) is 10.8. The summed E-state index contributed by atoms with van der Waals surface area (Å²) in [6.07, 6.45) is 0. The number of rotatable bonds is 1. The summed E-state index contributed by atoms with van der Waals surface area (Å²) < 4.78 is 1.50. The minimum absolute atomic E-state index is 0.125. The highest BCUT2D eigenvalue weighted by molar-refractivity contribution is 6.35. The maximum atomic E-state index is 10.8. The monoisotopic (exact) mass is 225 g/mol. The van der Waals surface area contributed by atoms with E-state index in [2.05, 4.69) is 5.10 Å². The van der Waals surface area contributed by atoms with Gasteiger partial charge in [-0.15, -0.1) is 0 Å². The molecule has 1 aromatic carbocycles. The number of hydrogen-bond donors (Lipinski definition) is 2. The zero-order valence-electron chi connectivity index (χ0n) is 7.86. The summed E-state index contributed by atoms with van der Waals surface area (Å²) in [4.78, 5) is 10.8. The van der Waals surface area contributed by atoms with E-state index in [4.69, 9.17) is 22.4 Å². The SMILES string of the molecule is Cn1nc(Cl)c2c(N)cc(C(=O)O)cc21. The lowest BCUT2D eigenvalue weighted by atomic mass is 10.1. The molecule has 0 radical (unpaired) electrons. The molecule has 2 rings (SSSR count). The van der Waals surface area contributed by atoms with E-state index < -0.39 is 5.97 Å². The van der Waals surface area contributed by atoms with Gasteiger partial charge in [-0.2, -0.15) is 5.10 Å². The van der Waals surface area contributed by atoms with Crippen LogP contribution in [0.4, 0.5) is 5.69 Å². The number of aromatic nitrogens is 2. The predicted molar refractivity (Wildman–Crippen MR) is 57.1 cm³/mol. The largest absolute Gasteiger partial charge is 0.478 e. The lowest BCUT2D eigenvalue weighted by Crippen LogP contribution is -1.99. The third-order valence-electron chi connectivity index (χ3n) is 2.19. The number of carboxylic acids is 1. The Bertz CT molecular complexity index is 562. The van der Waals surface area contributed by atoms with Crippen LogP contribution in [-0.4, -0.2) is 20.9 Å². The number of carbonyl (C=O) groups is 1. The van der Waals surface area contributed by atoms with Crippen LogP contribution in [0.5, 0.6) is 0 Å². The number of benzene rings is 1. The molecular formula is C9H8ClN3O2. The molecule has 0 aliphatic carbocycles. The van der Waals surface area contributed by atoms with Crippen molar-refractivity contribution in [3.05, 3.63) is 22.8 Å². The van der Waals surface area contributed by atoms with Crippen molar-refractivity contribution >= 4 is 34.2 Å². The topological polar surface area (TPSA) is 81.1 Å². The minimum Gasteiger partial charge on any atom is -0.478 e. The highest BCUT2D eigenvalue weighted by atomic mass is 35.5. The number of nitrogens with zero attached hydrogens (tertiary/aromatic N) is 2. The van der Waals surface area contributed by atoms with Crippen molar-refractivity contribution in [2.75, 3.05) is 5.73 Å². The molecule has 2 aromatic rings. The number of carboxylic acid groups (broad SMARTS) is 1. The average molecular weight is 226 g/mol. The fourth-order valence-corrected chi connectivity index (χ4v) is 1.81. The van der Waals surface area contributed by atoms with Crippen molar-refractivity contribution in [3.63, 3.8) is 0 Å². The maximum absolute atomic E-state index is 10.8. The van der Waals surface area contributed by atoms with Crippen LogP contribution in [0.1, 0.15) is 10.4 Å². The van der Waals surface area contributed by atoms with E-state index in [1.807, 2.05) is 0 Å². The Morgan fingerprint density at radius 1 is 1.60 bits per heavy atom. The molecule has 0 atom stereocenters. The molecule has 0 aliphatic heterocycles. The van der Waals surface area contributed by atoms with Crippen LogP contribution in [0.25, 0.3) is 10.9 Å². The van der Waals surface area contributed by atoms with Crippen molar-refractivity contribution < 1.29 is 9.90 Å². The standard InChI is InChI=1S/C9H8ClN3O2/c1-13-6-3-4(9(14)15)2-5(11)7(6)8(10)12-13/h2-3H,11H2,1H3,(H,14,15). The molecular weight excluding hydrogens is 218 g/mol. The molecule has 0 amide bonds. The number of anilines is 1. The lowest BCUT2D eigenvalue weighted by Gasteiger charge is -2.00. The third kappa shape index (κ3) is 1.41. The van der Waals surface area contributed by atoms with E-state index in [0.717, 1.165) is 0 Å². The van der Waals surface area contributed by atoms with E-state index >= 15 is 0 Å². The predicted octanol–water partition coefficient (Wildman–Crippen LogP) is 1.51. The van der Waals surface area contributed by atoms with Crippen LogP contribution < -0.4 is 5.73 Å². The van der Waals surface area contributed by atoms with E-state index in [1.165, 1.54) is 16.8 Å². The molecule has 0 fully saturated rings.